The molecule has 2 unspecified atom stereocenters. The second kappa shape index (κ2) is 6.37. The zero-order chi connectivity index (χ0) is 14.7. The van der Waals surface area contributed by atoms with Crippen LogP contribution in [0.2, 0.25) is 0 Å². The summed E-state index contributed by atoms with van der Waals surface area (Å²) in [6, 6.07) is 17.4. The fourth-order valence-corrected chi connectivity index (χ4v) is 2.82. The lowest BCUT2D eigenvalue weighted by Crippen LogP contribution is -2.31. The van der Waals surface area contributed by atoms with Gasteiger partial charge < -0.3 is 0 Å². The summed E-state index contributed by atoms with van der Waals surface area (Å²) >= 11 is 0. The van der Waals surface area contributed by atoms with Crippen molar-refractivity contribution >= 4 is 0 Å². The first kappa shape index (κ1) is 14.2. The van der Waals surface area contributed by atoms with Crippen molar-refractivity contribution in [3.63, 3.8) is 0 Å². The molecular formula is C18H20FNO. The first-order valence-electron chi connectivity index (χ1n) is 7.46. The molecule has 2 atom stereocenters. The monoisotopic (exact) mass is 285 g/mol. The van der Waals surface area contributed by atoms with E-state index < -0.39 is 0 Å². The highest BCUT2D eigenvalue weighted by atomic mass is 19.1. The Morgan fingerprint density at radius 2 is 1.86 bits per heavy atom. The van der Waals surface area contributed by atoms with E-state index in [1.807, 2.05) is 35.4 Å². The molecule has 2 aromatic rings. The lowest BCUT2D eigenvalue weighted by atomic mass is 10.1. The van der Waals surface area contributed by atoms with E-state index in [1.54, 1.807) is 6.07 Å². The predicted molar refractivity (Wildman–Crippen MR) is 81.2 cm³/mol. The van der Waals surface area contributed by atoms with Crippen molar-refractivity contribution in [3.05, 3.63) is 71.5 Å². The minimum absolute atomic E-state index is 0.120. The van der Waals surface area contributed by atoms with Gasteiger partial charge in [-0.05, 0) is 37.0 Å². The minimum atomic E-state index is -0.136. The molecular weight excluding hydrogens is 265 g/mol. The summed E-state index contributed by atoms with van der Waals surface area (Å²) in [6.07, 6.45) is 1.76. The van der Waals surface area contributed by atoms with Crippen LogP contribution in [0.3, 0.4) is 0 Å². The molecule has 0 amide bonds. The summed E-state index contributed by atoms with van der Waals surface area (Å²) in [6.45, 7) is 2.97. The van der Waals surface area contributed by atoms with Gasteiger partial charge in [-0.25, -0.2) is 4.39 Å². The zero-order valence-corrected chi connectivity index (χ0v) is 12.2. The quantitative estimate of drug-likeness (QED) is 0.837. The van der Waals surface area contributed by atoms with Crippen molar-refractivity contribution < 1.29 is 9.23 Å². The molecule has 110 valence electrons. The van der Waals surface area contributed by atoms with E-state index in [4.69, 9.17) is 4.84 Å². The molecule has 1 aliphatic rings. The Labute approximate surface area is 125 Å². The summed E-state index contributed by atoms with van der Waals surface area (Å²) in [5.74, 6) is -0.136. The Morgan fingerprint density at radius 1 is 1.14 bits per heavy atom. The molecule has 0 aliphatic carbocycles. The average Bonchev–Trinajstić information content (AvgIpc) is 3.00. The van der Waals surface area contributed by atoms with E-state index >= 15 is 0 Å². The van der Waals surface area contributed by atoms with E-state index in [0.717, 1.165) is 18.5 Å². The fourth-order valence-electron chi connectivity index (χ4n) is 2.82. The van der Waals surface area contributed by atoms with Crippen LogP contribution in [0.1, 0.15) is 30.6 Å². The van der Waals surface area contributed by atoms with E-state index in [1.165, 1.54) is 11.6 Å². The first-order valence-corrected chi connectivity index (χ1v) is 7.46. The van der Waals surface area contributed by atoms with Crippen LogP contribution in [-0.4, -0.2) is 17.6 Å². The molecule has 2 nitrogen and oxygen atoms in total. The molecule has 0 N–H and O–H groups in total. The van der Waals surface area contributed by atoms with Crippen molar-refractivity contribution in [2.45, 2.75) is 31.9 Å². The standard InChI is InChI=1S/C18H20FNO/c1-14(13-16-9-5-6-10-17(16)19)20-12-11-18(21-20)15-7-3-2-4-8-15/h2-10,14,18H,11-13H2,1H3. The SMILES string of the molecule is CC(Cc1ccccc1F)N1CCC(c2ccccc2)O1. The van der Waals surface area contributed by atoms with Crippen LogP contribution in [-0.2, 0) is 11.3 Å². The first-order chi connectivity index (χ1) is 10.2. The fraction of sp³-hybridized carbons (Fsp3) is 0.333. The van der Waals surface area contributed by atoms with Gasteiger partial charge in [0.25, 0.3) is 0 Å². The molecule has 1 heterocycles. The number of hydrogen-bond acceptors (Lipinski definition) is 2. The van der Waals surface area contributed by atoms with Gasteiger partial charge in [-0.2, -0.15) is 5.06 Å². The van der Waals surface area contributed by atoms with Crippen molar-refractivity contribution in [1.82, 2.24) is 5.06 Å². The summed E-state index contributed by atoms with van der Waals surface area (Å²) in [4.78, 5) is 6.03. The van der Waals surface area contributed by atoms with E-state index in [9.17, 15) is 4.39 Å². The predicted octanol–water partition coefficient (Wildman–Crippen LogP) is 4.14. The lowest BCUT2D eigenvalue weighted by Gasteiger charge is -2.24. The van der Waals surface area contributed by atoms with E-state index in [0.29, 0.717) is 6.42 Å². The molecule has 0 radical (unpaired) electrons. The third-order valence-corrected chi connectivity index (χ3v) is 4.01. The van der Waals surface area contributed by atoms with Gasteiger partial charge in [0.2, 0.25) is 0 Å². The lowest BCUT2D eigenvalue weighted by molar-refractivity contribution is -0.170. The molecule has 3 rings (SSSR count). The Morgan fingerprint density at radius 3 is 2.62 bits per heavy atom. The van der Waals surface area contributed by atoms with Crippen LogP contribution in [0.5, 0.6) is 0 Å². The molecule has 21 heavy (non-hydrogen) atoms. The van der Waals surface area contributed by atoms with Crippen LogP contribution >= 0.6 is 0 Å². The third-order valence-electron chi connectivity index (χ3n) is 4.01. The highest BCUT2D eigenvalue weighted by molar-refractivity contribution is 5.19. The van der Waals surface area contributed by atoms with E-state index in [2.05, 4.69) is 19.1 Å². The summed E-state index contributed by atoms with van der Waals surface area (Å²) in [5.41, 5.74) is 1.95. The second-order valence-electron chi connectivity index (χ2n) is 5.58. The molecule has 3 heteroatoms. The minimum Gasteiger partial charge on any atom is -0.291 e. The van der Waals surface area contributed by atoms with Crippen LogP contribution < -0.4 is 0 Å². The smallest absolute Gasteiger partial charge is 0.126 e. The normalized spacial score (nSPS) is 20.6. The maximum Gasteiger partial charge on any atom is 0.126 e. The molecule has 0 saturated carbocycles. The highest BCUT2D eigenvalue weighted by Crippen LogP contribution is 2.30. The number of nitrogens with zero attached hydrogens (tertiary/aromatic N) is 1. The Hall–Kier alpha value is -1.71. The molecule has 1 saturated heterocycles. The highest BCUT2D eigenvalue weighted by Gasteiger charge is 2.28. The topological polar surface area (TPSA) is 12.5 Å². The van der Waals surface area contributed by atoms with Crippen LogP contribution in [0.15, 0.2) is 54.6 Å². The Bertz CT molecular complexity index is 587. The van der Waals surface area contributed by atoms with Crippen molar-refractivity contribution in [1.29, 1.82) is 0 Å². The summed E-state index contributed by atoms with van der Waals surface area (Å²) < 4.78 is 13.7. The van der Waals surface area contributed by atoms with Crippen molar-refractivity contribution in [3.8, 4) is 0 Å². The largest absolute Gasteiger partial charge is 0.291 e. The van der Waals surface area contributed by atoms with Gasteiger partial charge in [-0.1, -0.05) is 48.5 Å². The van der Waals surface area contributed by atoms with Crippen LogP contribution in [0.4, 0.5) is 4.39 Å². The number of halogens is 1. The number of benzene rings is 2. The molecule has 0 bridgehead atoms. The van der Waals surface area contributed by atoms with Crippen molar-refractivity contribution in [2.75, 3.05) is 6.54 Å². The maximum atomic E-state index is 13.7. The van der Waals surface area contributed by atoms with Crippen LogP contribution in [0.25, 0.3) is 0 Å². The molecule has 0 spiro atoms. The summed E-state index contributed by atoms with van der Waals surface area (Å²) in [5, 5.41) is 1.99. The van der Waals surface area contributed by atoms with Gasteiger partial charge in [0.15, 0.2) is 0 Å². The Balaban J connectivity index is 1.62. The molecule has 0 aromatic heterocycles. The van der Waals surface area contributed by atoms with Gasteiger partial charge >= 0.3 is 0 Å². The van der Waals surface area contributed by atoms with Crippen LogP contribution in [0, 0.1) is 5.82 Å². The number of rotatable bonds is 4. The molecule has 2 aromatic carbocycles. The number of hydroxylamine groups is 2. The molecule has 1 aliphatic heterocycles. The zero-order valence-electron chi connectivity index (χ0n) is 12.2. The maximum absolute atomic E-state index is 13.7. The van der Waals surface area contributed by atoms with E-state index in [-0.39, 0.29) is 18.0 Å². The Kier molecular flexibility index (Phi) is 4.32. The number of hydrogen-bond donors (Lipinski definition) is 0. The third kappa shape index (κ3) is 3.31. The average molecular weight is 285 g/mol. The van der Waals surface area contributed by atoms with Gasteiger partial charge in [-0.3, -0.25) is 4.84 Å². The van der Waals surface area contributed by atoms with Gasteiger partial charge in [0.05, 0.1) is 0 Å². The van der Waals surface area contributed by atoms with Gasteiger partial charge in [0.1, 0.15) is 11.9 Å². The van der Waals surface area contributed by atoms with Crippen molar-refractivity contribution in [2.24, 2.45) is 0 Å². The summed E-state index contributed by atoms with van der Waals surface area (Å²) in [7, 11) is 0. The second-order valence-corrected chi connectivity index (χ2v) is 5.58. The van der Waals surface area contributed by atoms with Gasteiger partial charge in [0, 0.05) is 12.6 Å². The van der Waals surface area contributed by atoms with Gasteiger partial charge in [-0.15, -0.1) is 0 Å². The molecule has 1 fully saturated rings.